The topological polar surface area (TPSA) is 46.3 Å². The molecule has 2 heterocycles. The third-order valence-corrected chi connectivity index (χ3v) is 5.06. The lowest BCUT2D eigenvalue weighted by Gasteiger charge is -2.18. The second-order valence-electron chi connectivity index (χ2n) is 5.59. The number of hydrogen-bond donors (Lipinski definition) is 0. The molecule has 0 N–H and O–H groups in total. The Kier molecular flexibility index (Phi) is 4.44. The molecule has 0 saturated carbocycles. The van der Waals surface area contributed by atoms with Gasteiger partial charge in [-0.2, -0.15) is 0 Å². The molecule has 0 spiro atoms. The Morgan fingerprint density at radius 3 is 2.85 bits per heavy atom. The molecule has 2 aromatic carbocycles. The minimum absolute atomic E-state index is 0.190. The number of fused-ring (bicyclic) bond motifs is 1. The Hall–Kier alpha value is -2.70. The van der Waals surface area contributed by atoms with Crippen LogP contribution in [-0.2, 0) is 6.54 Å². The molecule has 0 bridgehead atoms. The highest BCUT2D eigenvalue weighted by Gasteiger charge is 2.23. The van der Waals surface area contributed by atoms with Crippen molar-refractivity contribution in [3.05, 3.63) is 83.0 Å². The number of aromatic nitrogens is 1. The van der Waals surface area contributed by atoms with Crippen LogP contribution in [0, 0.1) is 5.82 Å². The third kappa shape index (κ3) is 3.34. The first-order valence-electron chi connectivity index (χ1n) is 7.76. The van der Waals surface area contributed by atoms with Gasteiger partial charge >= 0.3 is 0 Å². The number of carbonyl (C=O) groups excluding carboxylic acids is 1. The summed E-state index contributed by atoms with van der Waals surface area (Å²) < 4.78 is 19.8. The number of rotatable bonds is 4. The Morgan fingerprint density at radius 2 is 2.08 bits per heavy atom. The first-order chi connectivity index (χ1) is 12.6. The molecule has 1 amide bonds. The fourth-order valence-electron chi connectivity index (χ4n) is 2.56. The van der Waals surface area contributed by atoms with Crippen molar-refractivity contribution in [1.82, 2.24) is 4.98 Å². The summed E-state index contributed by atoms with van der Waals surface area (Å²) in [5.41, 5.74) is 0.986. The first kappa shape index (κ1) is 16.8. The van der Waals surface area contributed by atoms with Gasteiger partial charge in [0.1, 0.15) is 11.6 Å². The smallest absolute Gasteiger partial charge is 0.260 e. The van der Waals surface area contributed by atoms with Gasteiger partial charge in [-0.05, 0) is 48.5 Å². The minimum atomic E-state index is -0.468. The number of thiazole rings is 1. The Bertz CT molecular complexity index is 1080. The molecular weight excluding hydrogens is 375 g/mol. The zero-order chi connectivity index (χ0) is 18.1. The van der Waals surface area contributed by atoms with Crippen molar-refractivity contribution in [3.63, 3.8) is 0 Å². The number of furan rings is 1. The summed E-state index contributed by atoms with van der Waals surface area (Å²) in [5, 5.41) is 1.09. The highest BCUT2D eigenvalue weighted by molar-refractivity contribution is 7.22. The summed E-state index contributed by atoms with van der Waals surface area (Å²) in [6, 6.07) is 14.5. The second-order valence-corrected chi connectivity index (χ2v) is 7.04. The zero-order valence-electron chi connectivity index (χ0n) is 13.4. The van der Waals surface area contributed by atoms with Crippen molar-refractivity contribution in [2.75, 3.05) is 4.90 Å². The average Bonchev–Trinajstić information content (AvgIpc) is 3.28. The highest BCUT2D eigenvalue weighted by atomic mass is 35.5. The summed E-state index contributed by atoms with van der Waals surface area (Å²) >= 11 is 7.38. The van der Waals surface area contributed by atoms with E-state index in [1.807, 2.05) is 0 Å². The van der Waals surface area contributed by atoms with Crippen molar-refractivity contribution in [1.29, 1.82) is 0 Å². The molecule has 130 valence electrons. The fraction of sp³-hybridized carbons (Fsp3) is 0.0526. The predicted octanol–water partition coefficient (Wildman–Crippen LogP) is 5.53. The molecule has 0 radical (unpaired) electrons. The summed E-state index contributed by atoms with van der Waals surface area (Å²) in [6.07, 6.45) is 1.54. The summed E-state index contributed by atoms with van der Waals surface area (Å²) in [6.45, 7) is 0.190. The van der Waals surface area contributed by atoms with Crippen LogP contribution in [0.3, 0.4) is 0 Å². The van der Waals surface area contributed by atoms with E-state index < -0.39 is 5.82 Å². The van der Waals surface area contributed by atoms with Gasteiger partial charge in [-0.3, -0.25) is 9.69 Å². The van der Waals surface area contributed by atoms with Crippen LogP contribution >= 0.6 is 22.9 Å². The molecule has 0 saturated heterocycles. The van der Waals surface area contributed by atoms with Crippen LogP contribution in [0.2, 0.25) is 5.02 Å². The lowest BCUT2D eigenvalue weighted by molar-refractivity contribution is 0.0983. The molecule has 7 heteroatoms. The first-order valence-corrected chi connectivity index (χ1v) is 8.95. The number of benzene rings is 2. The van der Waals surface area contributed by atoms with Crippen LogP contribution < -0.4 is 4.90 Å². The van der Waals surface area contributed by atoms with E-state index in [0.717, 1.165) is 10.2 Å². The van der Waals surface area contributed by atoms with Crippen LogP contribution in [0.4, 0.5) is 9.52 Å². The van der Waals surface area contributed by atoms with Crippen molar-refractivity contribution in [2.45, 2.75) is 6.54 Å². The Morgan fingerprint density at radius 1 is 1.19 bits per heavy atom. The lowest BCUT2D eigenvalue weighted by atomic mass is 10.2. The molecule has 2 aromatic heterocycles. The molecule has 4 aromatic rings. The van der Waals surface area contributed by atoms with Gasteiger partial charge in [-0.25, -0.2) is 9.37 Å². The number of carbonyl (C=O) groups is 1. The average molecular weight is 387 g/mol. The van der Waals surface area contributed by atoms with Crippen molar-refractivity contribution in [3.8, 4) is 0 Å². The quantitative estimate of drug-likeness (QED) is 0.463. The molecular formula is C19H12ClFN2O2S. The summed E-state index contributed by atoms with van der Waals surface area (Å²) in [7, 11) is 0. The minimum Gasteiger partial charge on any atom is -0.467 e. The van der Waals surface area contributed by atoms with Crippen molar-refractivity contribution < 1.29 is 13.6 Å². The van der Waals surface area contributed by atoms with E-state index >= 15 is 0 Å². The van der Waals surface area contributed by atoms with E-state index in [4.69, 9.17) is 16.0 Å². The molecule has 0 aliphatic heterocycles. The van der Waals surface area contributed by atoms with Gasteiger partial charge in [0, 0.05) is 10.6 Å². The monoisotopic (exact) mass is 386 g/mol. The maximum atomic E-state index is 13.6. The number of anilines is 1. The molecule has 26 heavy (non-hydrogen) atoms. The molecule has 0 atom stereocenters. The van der Waals surface area contributed by atoms with Crippen molar-refractivity contribution in [2.24, 2.45) is 0 Å². The molecule has 0 unspecified atom stereocenters. The largest absolute Gasteiger partial charge is 0.467 e. The standard InChI is InChI=1S/C19H12ClFN2O2S/c20-13-6-7-16-17(10-13)26-19(22-16)23(11-15-5-2-8-25-15)18(24)12-3-1-4-14(21)9-12/h1-10H,11H2. The predicted molar refractivity (Wildman–Crippen MR) is 100 cm³/mol. The molecule has 0 aliphatic rings. The molecule has 4 nitrogen and oxygen atoms in total. The van der Waals surface area contributed by atoms with E-state index in [2.05, 4.69) is 4.98 Å². The second kappa shape index (κ2) is 6.90. The van der Waals surface area contributed by atoms with Gasteiger partial charge in [0.2, 0.25) is 0 Å². The summed E-state index contributed by atoms with van der Waals surface area (Å²) in [4.78, 5) is 19.0. The Balaban J connectivity index is 1.77. The summed E-state index contributed by atoms with van der Waals surface area (Å²) in [5.74, 6) is -0.219. The lowest BCUT2D eigenvalue weighted by Crippen LogP contribution is -2.30. The normalized spacial score (nSPS) is 11.0. The maximum Gasteiger partial charge on any atom is 0.260 e. The Labute approximate surface area is 157 Å². The van der Waals surface area contributed by atoms with Crippen LogP contribution in [0.15, 0.2) is 65.3 Å². The van der Waals surface area contributed by atoms with Crippen LogP contribution in [0.1, 0.15) is 16.1 Å². The van der Waals surface area contributed by atoms with Gasteiger partial charge in [0.05, 0.1) is 23.0 Å². The van der Waals surface area contributed by atoms with Gasteiger partial charge in [0.25, 0.3) is 5.91 Å². The number of halogens is 2. The number of amides is 1. The van der Waals surface area contributed by atoms with Gasteiger partial charge in [0.15, 0.2) is 5.13 Å². The SMILES string of the molecule is O=C(c1cccc(F)c1)N(Cc1ccco1)c1nc2ccc(Cl)cc2s1. The van der Waals surface area contributed by atoms with Crippen LogP contribution in [0.25, 0.3) is 10.2 Å². The molecule has 0 aliphatic carbocycles. The van der Waals surface area contributed by atoms with Gasteiger partial charge in [-0.15, -0.1) is 0 Å². The van der Waals surface area contributed by atoms with Crippen LogP contribution in [0.5, 0.6) is 0 Å². The number of nitrogens with zero attached hydrogens (tertiary/aromatic N) is 2. The molecule has 4 rings (SSSR count). The van der Waals surface area contributed by atoms with E-state index in [1.54, 1.807) is 36.4 Å². The van der Waals surface area contributed by atoms with E-state index in [9.17, 15) is 9.18 Å². The van der Waals surface area contributed by atoms with E-state index in [-0.39, 0.29) is 18.0 Å². The maximum absolute atomic E-state index is 13.6. The fourth-order valence-corrected chi connectivity index (χ4v) is 3.80. The molecule has 0 fully saturated rings. The van der Waals surface area contributed by atoms with Crippen molar-refractivity contribution >= 4 is 44.2 Å². The van der Waals surface area contributed by atoms with Gasteiger partial charge < -0.3 is 4.42 Å². The van der Waals surface area contributed by atoms with E-state index in [1.165, 1.54) is 40.7 Å². The third-order valence-electron chi connectivity index (χ3n) is 3.78. The van der Waals surface area contributed by atoms with Gasteiger partial charge in [-0.1, -0.05) is 29.0 Å². The highest BCUT2D eigenvalue weighted by Crippen LogP contribution is 2.32. The zero-order valence-corrected chi connectivity index (χ0v) is 14.9. The van der Waals surface area contributed by atoms with Crippen LogP contribution in [-0.4, -0.2) is 10.9 Å². The van der Waals surface area contributed by atoms with E-state index in [0.29, 0.717) is 15.9 Å². The number of hydrogen-bond acceptors (Lipinski definition) is 4.